The number of anilines is 2. The summed E-state index contributed by atoms with van der Waals surface area (Å²) in [6, 6.07) is 10.6. The van der Waals surface area contributed by atoms with Crippen LogP contribution in [0.5, 0.6) is 5.75 Å². The Labute approximate surface area is 240 Å². The van der Waals surface area contributed by atoms with E-state index in [1.807, 2.05) is 12.1 Å². The van der Waals surface area contributed by atoms with Crippen LogP contribution in [0, 0.1) is 6.92 Å². The fourth-order valence-electron chi connectivity index (χ4n) is 5.70. The number of rotatable bonds is 8. The van der Waals surface area contributed by atoms with Crippen molar-refractivity contribution >= 4 is 11.8 Å². The Morgan fingerprint density at radius 1 is 0.929 bits per heavy atom. The molecule has 1 saturated heterocycles. The van der Waals surface area contributed by atoms with Crippen LogP contribution in [-0.4, -0.2) is 57.7 Å². The van der Waals surface area contributed by atoms with E-state index in [4.69, 9.17) is 8.94 Å². The first-order chi connectivity index (χ1) is 20.3. The number of aryl methyl sites for hydroxylation is 1. The first-order valence-electron chi connectivity index (χ1n) is 14.2. The zero-order valence-electron chi connectivity index (χ0n) is 23.1. The average molecular weight is 584 g/mol. The number of oxazole rings is 1. The van der Waals surface area contributed by atoms with E-state index in [1.165, 1.54) is 24.3 Å². The molecule has 2 N–H and O–H groups in total. The number of pyridine rings is 1. The van der Waals surface area contributed by atoms with Gasteiger partial charge in [-0.15, -0.1) is 13.2 Å². The summed E-state index contributed by atoms with van der Waals surface area (Å²) in [5.74, 6) is 2.16. The lowest BCUT2D eigenvalue weighted by molar-refractivity contribution is -0.274. The third kappa shape index (κ3) is 6.84. The van der Waals surface area contributed by atoms with Crippen LogP contribution in [-0.2, 0) is 0 Å². The monoisotopic (exact) mass is 583 g/mol. The van der Waals surface area contributed by atoms with Crippen molar-refractivity contribution in [2.75, 3.05) is 23.3 Å². The molecule has 0 amide bonds. The maximum absolute atomic E-state index is 12.5. The summed E-state index contributed by atoms with van der Waals surface area (Å²) in [6.07, 6.45) is 5.04. The van der Waals surface area contributed by atoms with Gasteiger partial charge in [-0.25, -0.2) is 9.97 Å². The standard InChI is InChI=1S/C29H32F3N7O3/c1-18-35-27(38-42-18)20-10-13-26(33-15-20)39-14-4-5-21(17-39)36-23-6-2-3-7-24(23)37-28-34-16-25(40-28)19-8-11-22(12-9-19)41-29(30,31)32/h8-13,15-16,21,23-24,36H,2-7,14,17H2,1H3,(H,34,37). The summed E-state index contributed by atoms with van der Waals surface area (Å²) >= 11 is 0. The minimum Gasteiger partial charge on any atom is -0.424 e. The van der Waals surface area contributed by atoms with Gasteiger partial charge in [-0.1, -0.05) is 18.0 Å². The second-order valence-electron chi connectivity index (χ2n) is 10.7. The first kappa shape index (κ1) is 28.0. The van der Waals surface area contributed by atoms with Gasteiger partial charge in [0, 0.05) is 55.5 Å². The van der Waals surface area contributed by atoms with Gasteiger partial charge in [0.25, 0.3) is 6.01 Å². The Morgan fingerprint density at radius 3 is 2.43 bits per heavy atom. The molecular weight excluding hydrogens is 551 g/mol. The van der Waals surface area contributed by atoms with E-state index >= 15 is 0 Å². The highest BCUT2D eigenvalue weighted by molar-refractivity contribution is 5.59. The van der Waals surface area contributed by atoms with Gasteiger partial charge in [0.05, 0.1) is 6.20 Å². The number of ether oxygens (including phenoxy) is 1. The largest absolute Gasteiger partial charge is 0.573 e. The van der Waals surface area contributed by atoms with Gasteiger partial charge in [-0.2, -0.15) is 4.98 Å². The molecule has 4 aromatic rings. The van der Waals surface area contributed by atoms with E-state index in [0.29, 0.717) is 35.1 Å². The number of benzene rings is 1. The Kier molecular flexibility index (Phi) is 8.00. The van der Waals surface area contributed by atoms with E-state index < -0.39 is 6.36 Å². The highest BCUT2D eigenvalue weighted by Gasteiger charge is 2.32. The predicted molar refractivity (Wildman–Crippen MR) is 149 cm³/mol. The molecule has 1 aliphatic heterocycles. The second kappa shape index (κ2) is 12.0. The minimum absolute atomic E-state index is 0.138. The molecule has 3 atom stereocenters. The molecule has 0 bridgehead atoms. The Hall–Kier alpha value is -4.13. The second-order valence-corrected chi connectivity index (χ2v) is 10.7. The fourth-order valence-corrected chi connectivity index (χ4v) is 5.70. The topological polar surface area (TPSA) is 114 Å². The summed E-state index contributed by atoms with van der Waals surface area (Å²) in [5, 5.41) is 11.3. The lowest BCUT2D eigenvalue weighted by atomic mass is 9.89. The molecule has 1 aromatic carbocycles. The van der Waals surface area contributed by atoms with Crippen molar-refractivity contribution in [1.82, 2.24) is 25.4 Å². The van der Waals surface area contributed by atoms with Crippen LogP contribution in [0.2, 0.25) is 0 Å². The molecule has 2 fully saturated rings. The average Bonchev–Trinajstić information content (AvgIpc) is 3.63. The number of nitrogens with one attached hydrogen (secondary N) is 2. The van der Waals surface area contributed by atoms with E-state index in [0.717, 1.165) is 63.0 Å². The summed E-state index contributed by atoms with van der Waals surface area (Å²) in [6.45, 7) is 3.56. The molecule has 3 unspecified atom stereocenters. The zero-order valence-corrected chi connectivity index (χ0v) is 23.1. The normalized spacial score (nSPS) is 21.3. The number of aromatic nitrogens is 4. The maximum atomic E-state index is 12.5. The Morgan fingerprint density at radius 2 is 1.71 bits per heavy atom. The van der Waals surface area contributed by atoms with Gasteiger partial charge in [0.2, 0.25) is 11.7 Å². The van der Waals surface area contributed by atoms with Crippen LogP contribution in [0.1, 0.15) is 44.4 Å². The minimum atomic E-state index is -4.73. The molecule has 0 radical (unpaired) electrons. The van der Waals surface area contributed by atoms with Crippen LogP contribution in [0.4, 0.5) is 25.0 Å². The van der Waals surface area contributed by atoms with Crippen molar-refractivity contribution in [1.29, 1.82) is 0 Å². The van der Waals surface area contributed by atoms with Crippen LogP contribution >= 0.6 is 0 Å². The van der Waals surface area contributed by atoms with Crippen molar-refractivity contribution in [2.24, 2.45) is 0 Å². The van der Waals surface area contributed by atoms with Gasteiger partial charge in [-0.05, 0) is 62.1 Å². The van der Waals surface area contributed by atoms with Crippen molar-refractivity contribution < 1.29 is 26.8 Å². The van der Waals surface area contributed by atoms with Crippen LogP contribution < -0.4 is 20.3 Å². The maximum Gasteiger partial charge on any atom is 0.573 e. The number of nitrogens with zero attached hydrogens (tertiary/aromatic N) is 5. The quantitative estimate of drug-likeness (QED) is 0.257. The van der Waals surface area contributed by atoms with Crippen LogP contribution in [0.15, 0.2) is 57.7 Å². The third-order valence-corrected chi connectivity index (χ3v) is 7.68. The molecule has 222 valence electrons. The SMILES string of the molecule is Cc1nc(-c2ccc(N3CCCC(NC4CCCCC4Nc4ncc(-c5ccc(OC(F)(F)F)cc5)o4)C3)nc2)no1. The Balaban J connectivity index is 1.06. The summed E-state index contributed by atoms with van der Waals surface area (Å²) in [4.78, 5) is 15.6. The lowest BCUT2D eigenvalue weighted by Crippen LogP contribution is -2.55. The molecule has 42 heavy (non-hydrogen) atoms. The molecule has 10 nitrogen and oxygen atoms in total. The Bertz CT molecular complexity index is 1460. The number of piperidine rings is 1. The predicted octanol–water partition coefficient (Wildman–Crippen LogP) is 5.98. The first-order valence-corrected chi connectivity index (χ1v) is 14.2. The number of alkyl halides is 3. The van der Waals surface area contributed by atoms with E-state index in [1.54, 1.807) is 19.3 Å². The third-order valence-electron chi connectivity index (χ3n) is 7.68. The van der Waals surface area contributed by atoms with E-state index in [2.05, 4.69) is 40.4 Å². The summed E-state index contributed by atoms with van der Waals surface area (Å²) in [5.41, 5.74) is 1.43. The highest BCUT2D eigenvalue weighted by atomic mass is 19.4. The van der Waals surface area contributed by atoms with Crippen LogP contribution in [0.25, 0.3) is 22.7 Å². The number of hydrogen-bond acceptors (Lipinski definition) is 10. The molecule has 4 heterocycles. The van der Waals surface area contributed by atoms with Gasteiger partial charge in [0.15, 0.2) is 5.76 Å². The van der Waals surface area contributed by atoms with Crippen molar-refractivity contribution in [3.05, 3.63) is 54.7 Å². The molecule has 1 aliphatic carbocycles. The van der Waals surface area contributed by atoms with Crippen molar-refractivity contribution in [3.8, 4) is 28.5 Å². The molecule has 6 rings (SSSR count). The van der Waals surface area contributed by atoms with Gasteiger partial charge < -0.3 is 29.2 Å². The lowest BCUT2D eigenvalue weighted by Gasteiger charge is -2.39. The molecule has 13 heteroatoms. The van der Waals surface area contributed by atoms with Gasteiger partial charge >= 0.3 is 6.36 Å². The molecule has 0 spiro atoms. The number of halogens is 3. The van der Waals surface area contributed by atoms with Crippen molar-refractivity contribution in [3.63, 3.8) is 0 Å². The summed E-state index contributed by atoms with van der Waals surface area (Å²) < 4.78 is 52.3. The highest BCUT2D eigenvalue weighted by Crippen LogP contribution is 2.30. The van der Waals surface area contributed by atoms with Crippen molar-refractivity contribution in [2.45, 2.75) is 69.9 Å². The molecule has 3 aromatic heterocycles. The molecule has 1 saturated carbocycles. The number of hydrogen-bond donors (Lipinski definition) is 2. The van der Waals surface area contributed by atoms with E-state index in [9.17, 15) is 13.2 Å². The van der Waals surface area contributed by atoms with Crippen LogP contribution in [0.3, 0.4) is 0 Å². The smallest absolute Gasteiger partial charge is 0.424 e. The summed E-state index contributed by atoms with van der Waals surface area (Å²) in [7, 11) is 0. The van der Waals surface area contributed by atoms with Gasteiger partial charge in [0.1, 0.15) is 11.6 Å². The fraction of sp³-hybridized carbons (Fsp3) is 0.448. The molecule has 2 aliphatic rings. The molecular formula is C29H32F3N7O3. The van der Waals surface area contributed by atoms with Gasteiger partial charge in [-0.3, -0.25) is 0 Å². The van der Waals surface area contributed by atoms with E-state index in [-0.39, 0.29) is 17.8 Å². The zero-order chi connectivity index (χ0) is 29.1.